The highest BCUT2D eigenvalue weighted by atomic mass is 16.4. The van der Waals surface area contributed by atoms with E-state index >= 15 is 0 Å². The second-order valence-corrected chi connectivity index (χ2v) is 9.14. The topological polar surface area (TPSA) is 88.3 Å². The molecule has 150 valence electrons. The molecule has 0 atom stereocenters. The Morgan fingerprint density at radius 2 is 1.79 bits per heavy atom. The number of aryl methyl sites for hydroxylation is 1. The SMILES string of the molecule is Cc1nn(C(C)(C)C)c2nc(C3CC3)cc(C(=O)N3CCC(C(=O)O)CC3)c12. The molecule has 2 fully saturated rings. The number of pyridine rings is 1. The predicted octanol–water partition coefficient (Wildman–Crippen LogP) is 3.31. The molecule has 0 spiro atoms. The van der Waals surface area contributed by atoms with Crippen LogP contribution in [-0.2, 0) is 10.3 Å². The van der Waals surface area contributed by atoms with Gasteiger partial charge >= 0.3 is 5.97 Å². The maximum atomic E-state index is 13.4. The monoisotopic (exact) mass is 384 g/mol. The zero-order chi connectivity index (χ0) is 20.2. The van der Waals surface area contributed by atoms with Crippen LogP contribution in [0.15, 0.2) is 6.07 Å². The molecule has 1 amide bonds. The van der Waals surface area contributed by atoms with Crippen LogP contribution in [0, 0.1) is 12.8 Å². The van der Waals surface area contributed by atoms with Crippen LogP contribution in [0.1, 0.15) is 74.1 Å². The number of amides is 1. The van der Waals surface area contributed by atoms with Crippen LogP contribution in [0.25, 0.3) is 11.0 Å². The summed E-state index contributed by atoms with van der Waals surface area (Å²) in [6, 6.07) is 1.95. The molecule has 2 aliphatic rings. The molecule has 1 N–H and O–H groups in total. The van der Waals surface area contributed by atoms with Crippen molar-refractivity contribution < 1.29 is 14.7 Å². The first-order valence-electron chi connectivity index (χ1n) is 10.1. The molecule has 2 aromatic heterocycles. The number of aromatic nitrogens is 3. The largest absolute Gasteiger partial charge is 0.481 e. The lowest BCUT2D eigenvalue weighted by molar-refractivity contribution is -0.143. The highest BCUT2D eigenvalue weighted by molar-refractivity contribution is 6.06. The van der Waals surface area contributed by atoms with Gasteiger partial charge in [0, 0.05) is 24.7 Å². The highest BCUT2D eigenvalue weighted by Gasteiger charge is 2.33. The number of carbonyl (C=O) groups excluding carboxylic acids is 1. The molecule has 3 heterocycles. The van der Waals surface area contributed by atoms with Crippen molar-refractivity contribution in [3.63, 3.8) is 0 Å². The summed E-state index contributed by atoms with van der Waals surface area (Å²) in [4.78, 5) is 31.3. The number of carboxylic acids is 1. The van der Waals surface area contributed by atoms with Crippen LogP contribution in [0.4, 0.5) is 0 Å². The van der Waals surface area contributed by atoms with E-state index in [9.17, 15) is 14.7 Å². The Hall–Kier alpha value is -2.44. The first-order chi connectivity index (χ1) is 13.2. The summed E-state index contributed by atoms with van der Waals surface area (Å²) in [6.07, 6.45) is 3.23. The van der Waals surface area contributed by atoms with Crippen molar-refractivity contribution in [2.45, 2.75) is 64.8 Å². The summed E-state index contributed by atoms with van der Waals surface area (Å²) in [5, 5.41) is 14.8. The van der Waals surface area contributed by atoms with Gasteiger partial charge in [-0.1, -0.05) is 0 Å². The number of piperidine rings is 1. The van der Waals surface area contributed by atoms with Gasteiger partial charge in [-0.25, -0.2) is 9.67 Å². The number of hydrogen-bond donors (Lipinski definition) is 1. The van der Waals surface area contributed by atoms with E-state index in [1.165, 1.54) is 0 Å². The van der Waals surface area contributed by atoms with Gasteiger partial charge in [-0.2, -0.15) is 5.10 Å². The third-order valence-electron chi connectivity index (χ3n) is 5.83. The second-order valence-electron chi connectivity index (χ2n) is 9.14. The summed E-state index contributed by atoms with van der Waals surface area (Å²) in [7, 11) is 0. The molecule has 0 radical (unpaired) electrons. The Morgan fingerprint density at radius 1 is 1.14 bits per heavy atom. The number of hydrogen-bond acceptors (Lipinski definition) is 4. The molecule has 4 rings (SSSR count). The fourth-order valence-electron chi connectivity index (χ4n) is 4.03. The Balaban J connectivity index is 1.77. The minimum atomic E-state index is -0.767. The summed E-state index contributed by atoms with van der Waals surface area (Å²) in [6.45, 7) is 9.14. The molecule has 7 nitrogen and oxygen atoms in total. The van der Waals surface area contributed by atoms with Crippen LogP contribution in [-0.4, -0.2) is 49.7 Å². The van der Waals surface area contributed by atoms with E-state index in [4.69, 9.17) is 10.1 Å². The number of likely N-dealkylation sites (tertiary alicyclic amines) is 1. The van der Waals surface area contributed by atoms with Crippen LogP contribution < -0.4 is 0 Å². The Labute approximate surface area is 164 Å². The van der Waals surface area contributed by atoms with Gasteiger partial charge < -0.3 is 10.0 Å². The third kappa shape index (κ3) is 3.27. The molecule has 0 bridgehead atoms. The minimum Gasteiger partial charge on any atom is -0.481 e. The van der Waals surface area contributed by atoms with Crippen LogP contribution in [0.5, 0.6) is 0 Å². The molecule has 1 aliphatic carbocycles. The summed E-state index contributed by atoms with van der Waals surface area (Å²) < 4.78 is 1.93. The van der Waals surface area contributed by atoms with Gasteiger partial charge in [0.25, 0.3) is 5.91 Å². The maximum absolute atomic E-state index is 13.4. The summed E-state index contributed by atoms with van der Waals surface area (Å²) in [5.74, 6) is -0.724. The van der Waals surface area contributed by atoms with Crippen molar-refractivity contribution in [3.8, 4) is 0 Å². The van der Waals surface area contributed by atoms with Crippen molar-refractivity contribution in [1.82, 2.24) is 19.7 Å². The second kappa shape index (κ2) is 6.57. The van der Waals surface area contributed by atoms with Gasteiger partial charge in [0.05, 0.1) is 28.1 Å². The van der Waals surface area contributed by atoms with Crippen LogP contribution in [0.2, 0.25) is 0 Å². The van der Waals surface area contributed by atoms with E-state index < -0.39 is 5.97 Å². The molecule has 0 aromatic carbocycles. The lowest BCUT2D eigenvalue weighted by atomic mass is 9.96. The molecule has 1 aliphatic heterocycles. The lowest BCUT2D eigenvalue weighted by Crippen LogP contribution is -2.40. The van der Waals surface area contributed by atoms with E-state index in [0.717, 1.165) is 35.3 Å². The zero-order valence-electron chi connectivity index (χ0n) is 17.0. The Morgan fingerprint density at radius 3 is 2.32 bits per heavy atom. The van der Waals surface area contributed by atoms with Gasteiger partial charge in [-0.05, 0) is 59.4 Å². The number of aliphatic carboxylic acids is 1. The van der Waals surface area contributed by atoms with E-state index in [0.29, 0.717) is 37.4 Å². The first-order valence-corrected chi connectivity index (χ1v) is 10.1. The van der Waals surface area contributed by atoms with Gasteiger partial charge in [0.2, 0.25) is 0 Å². The van der Waals surface area contributed by atoms with Crippen molar-refractivity contribution in [3.05, 3.63) is 23.0 Å². The van der Waals surface area contributed by atoms with Crippen LogP contribution >= 0.6 is 0 Å². The van der Waals surface area contributed by atoms with Gasteiger partial charge in [-0.3, -0.25) is 9.59 Å². The molecule has 7 heteroatoms. The minimum absolute atomic E-state index is 0.0327. The van der Waals surface area contributed by atoms with E-state index in [2.05, 4.69) is 20.8 Å². The van der Waals surface area contributed by atoms with Crippen molar-refractivity contribution in [2.75, 3.05) is 13.1 Å². The van der Waals surface area contributed by atoms with Crippen molar-refractivity contribution in [1.29, 1.82) is 0 Å². The molecule has 1 saturated heterocycles. The lowest BCUT2D eigenvalue weighted by Gasteiger charge is -2.30. The molecular weight excluding hydrogens is 356 g/mol. The van der Waals surface area contributed by atoms with Gasteiger partial charge in [0.15, 0.2) is 5.65 Å². The molecule has 0 unspecified atom stereocenters. The number of carboxylic acid groups (broad SMARTS) is 1. The quantitative estimate of drug-likeness (QED) is 0.877. The zero-order valence-corrected chi connectivity index (χ0v) is 17.0. The Kier molecular flexibility index (Phi) is 4.43. The normalized spacial score (nSPS) is 18.6. The fraction of sp³-hybridized carbons (Fsp3) is 0.619. The molecule has 1 saturated carbocycles. The molecular formula is C21H28N4O3. The molecule has 28 heavy (non-hydrogen) atoms. The predicted molar refractivity (Wildman–Crippen MR) is 105 cm³/mol. The number of fused-ring (bicyclic) bond motifs is 1. The average Bonchev–Trinajstić information content (AvgIpc) is 3.43. The standard InChI is InChI=1S/C21H28N4O3/c1-12-17-15(19(26)24-9-7-14(8-10-24)20(27)28)11-16(13-5-6-13)22-18(17)25(23-12)21(2,3)4/h11,13-14H,5-10H2,1-4H3,(H,27,28). The first kappa shape index (κ1) is 18.9. The van der Waals surface area contributed by atoms with E-state index in [-0.39, 0.29) is 17.4 Å². The smallest absolute Gasteiger partial charge is 0.306 e. The number of carbonyl (C=O) groups is 2. The summed E-state index contributed by atoms with van der Waals surface area (Å²) in [5.41, 5.74) is 2.99. The fourth-order valence-corrected chi connectivity index (χ4v) is 4.03. The van der Waals surface area contributed by atoms with Gasteiger partial charge in [0.1, 0.15) is 0 Å². The van der Waals surface area contributed by atoms with E-state index in [1.807, 2.05) is 17.7 Å². The highest BCUT2D eigenvalue weighted by Crippen LogP contribution is 2.41. The number of rotatable bonds is 3. The number of nitrogens with zero attached hydrogens (tertiary/aromatic N) is 4. The van der Waals surface area contributed by atoms with Crippen LogP contribution in [0.3, 0.4) is 0 Å². The van der Waals surface area contributed by atoms with Crippen molar-refractivity contribution in [2.24, 2.45) is 5.92 Å². The van der Waals surface area contributed by atoms with Crippen molar-refractivity contribution >= 4 is 22.9 Å². The Bertz CT molecular complexity index is 945. The third-order valence-corrected chi connectivity index (χ3v) is 5.83. The average molecular weight is 384 g/mol. The summed E-state index contributed by atoms with van der Waals surface area (Å²) >= 11 is 0. The maximum Gasteiger partial charge on any atom is 0.306 e. The van der Waals surface area contributed by atoms with E-state index in [1.54, 1.807) is 4.90 Å². The van der Waals surface area contributed by atoms with Gasteiger partial charge in [-0.15, -0.1) is 0 Å². The molecule has 2 aromatic rings.